The summed E-state index contributed by atoms with van der Waals surface area (Å²) in [6, 6.07) is 0. The Bertz CT molecular complexity index is 366. The Balaban J connectivity index is 2.25. The minimum Gasteiger partial charge on any atom is -0.325 e. The molecule has 0 heterocycles. The van der Waals surface area contributed by atoms with Gasteiger partial charge in [0.25, 0.3) is 0 Å². The van der Waals surface area contributed by atoms with E-state index < -0.39 is 30.1 Å². The van der Waals surface area contributed by atoms with E-state index in [1.165, 1.54) is 0 Å². The second-order valence-electron chi connectivity index (χ2n) is 4.14. The zero-order valence-corrected chi connectivity index (χ0v) is 6.48. The number of nitrogens with two attached hydrogens (primary N) is 1. The molecule has 0 aliphatic heterocycles. The Kier molecular flexibility index (Phi) is 0.500. The van der Waals surface area contributed by atoms with E-state index in [1.54, 1.807) is 0 Å². The third-order valence-electron chi connectivity index (χ3n) is 2.94. The van der Waals surface area contributed by atoms with E-state index >= 15 is 0 Å². The molecule has 0 radical (unpaired) electrons. The molecule has 4 rings (SSSR count). The summed E-state index contributed by atoms with van der Waals surface area (Å²) in [5.41, 5.74) is 4.90. The number of hydrogen-bond donors (Lipinski definition) is 1. The van der Waals surface area contributed by atoms with E-state index in [0.29, 0.717) is 12.8 Å². The van der Waals surface area contributed by atoms with Crippen LogP contribution in [-0.2, 0) is 0 Å². The quantitative estimate of drug-likeness (QED) is 0.571. The first-order chi connectivity index (χ1) is 7.49. The van der Waals surface area contributed by atoms with E-state index in [9.17, 15) is 0 Å². The number of hydrogen-bond acceptors (Lipinski definition) is 1. The van der Waals surface area contributed by atoms with Crippen LogP contribution in [0.5, 0.6) is 0 Å². The van der Waals surface area contributed by atoms with Gasteiger partial charge < -0.3 is 5.73 Å². The summed E-state index contributed by atoms with van der Waals surface area (Å²) in [5, 5.41) is 0. The first-order valence-corrected chi connectivity index (χ1v) is 4.28. The molecule has 4 aliphatic carbocycles. The van der Waals surface area contributed by atoms with Crippen molar-refractivity contribution in [2.45, 2.75) is 44.0 Å². The van der Waals surface area contributed by atoms with Gasteiger partial charge in [-0.15, -0.1) is 0 Å². The molecule has 2 N–H and O–H groups in total. The van der Waals surface area contributed by atoms with Crippen LogP contribution in [0.4, 0.5) is 0 Å². The molecule has 4 bridgehead atoms. The van der Waals surface area contributed by atoms with Gasteiger partial charge >= 0.3 is 0 Å². The lowest BCUT2D eigenvalue weighted by atomic mass is 9.53. The Morgan fingerprint density at radius 2 is 2.18 bits per heavy atom. The standard InChI is InChI=1S/C10H17N/c11-10-4-7-1-8(5-10)3-9(2-7)6-10/h7-9H,1-6,11H2/i1D2,4D2,7D,8D. The van der Waals surface area contributed by atoms with E-state index in [0.717, 1.165) is 0 Å². The normalized spacial score (nSPS) is 90.8. The van der Waals surface area contributed by atoms with Gasteiger partial charge in [-0.3, -0.25) is 0 Å². The third-order valence-corrected chi connectivity index (χ3v) is 2.94. The highest BCUT2D eigenvalue weighted by atomic mass is 14.8. The third kappa shape index (κ3) is 0.868. The molecule has 0 aromatic carbocycles. The van der Waals surface area contributed by atoms with Crippen LogP contribution in [0, 0.1) is 17.7 Å². The van der Waals surface area contributed by atoms with Crippen molar-refractivity contribution in [2.75, 3.05) is 0 Å². The molecule has 0 aromatic rings. The highest BCUT2D eigenvalue weighted by Crippen LogP contribution is 2.54. The van der Waals surface area contributed by atoms with Gasteiger partial charge in [0.2, 0.25) is 0 Å². The molecule has 62 valence electrons. The molecule has 4 aliphatic rings. The van der Waals surface area contributed by atoms with E-state index in [1.807, 2.05) is 0 Å². The smallest absolute Gasteiger partial charge is 0.0304 e. The van der Waals surface area contributed by atoms with Crippen LogP contribution in [-0.4, -0.2) is 5.54 Å². The van der Waals surface area contributed by atoms with Crippen molar-refractivity contribution < 1.29 is 8.22 Å². The predicted octanol–water partition coefficient (Wildman–Crippen LogP) is 1.91. The summed E-state index contributed by atoms with van der Waals surface area (Å²) in [4.78, 5) is 0. The summed E-state index contributed by atoms with van der Waals surface area (Å²) < 4.78 is 49.0. The molecule has 4 saturated carbocycles. The van der Waals surface area contributed by atoms with Gasteiger partial charge in [-0.1, -0.05) is 0 Å². The SMILES string of the molecule is [2H]C12CC3CC(N)(C1)C([2H])([2H])C([2H])(C3)C2([2H])[2H]. The Morgan fingerprint density at radius 3 is 3.09 bits per heavy atom. The summed E-state index contributed by atoms with van der Waals surface area (Å²) in [6.45, 7) is 0. The maximum atomic E-state index is 8.32. The van der Waals surface area contributed by atoms with Crippen LogP contribution in [0.3, 0.4) is 0 Å². The Hall–Kier alpha value is -0.0400. The molecule has 4 fully saturated rings. The van der Waals surface area contributed by atoms with Crippen molar-refractivity contribution in [3.05, 3.63) is 0 Å². The summed E-state index contributed by atoms with van der Waals surface area (Å²) in [6.07, 6.45) is -3.09. The minimum atomic E-state index is -2.14. The Morgan fingerprint density at radius 1 is 1.36 bits per heavy atom. The Labute approximate surface area is 76.8 Å². The molecular formula is C10H17N. The zero-order valence-electron chi connectivity index (χ0n) is 12.5. The van der Waals surface area contributed by atoms with E-state index in [4.69, 9.17) is 14.0 Å². The topological polar surface area (TPSA) is 26.0 Å². The van der Waals surface area contributed by atoms with Gasteiger partial charge in [-0.25, -0.2) is 0 Å². The first kappa shape index (κ1) is 3.02. The van der Waals surface area contributed by atoms with Gasteiger partial charge in [0.15, 0.2) is 0 Å². The molecule has 0 saturated heterocycles. The second kappa shape index (κ2) is 1.82. The first-order valence-electron chi connectivity index (χ1n) is 7.28. The monoisotopic (exact) mass is 157 g/mol. The van der Waals surface area contributed by atoms with Gasteiger partial charge in [0.05, 0.1) is 0 Å². The van der Waals surface area contributed by atoms with Crippen molar-refractivity contribution in [2.24, 2.45) is 23.4 Å². The van der Waals surface area contributed by atoms with Crippen LogP contribution < -0.4 is 5.73 Å². The maximum absolute atomic E-state index is 8.32. The van der Waals surface area contributed by atoms with E-state index in [2.05, 4.69) is 0 Å². The van der Waals surface area contributed by atoms with Crippen molar-refractivity contribution >= 4 is 0 Å². The molecular weight excluding hydrogens is 134 g/mol. The number of rotatable bonds is 0. The summed E-state index contributed by atoms with van der Waals surface area (Å²) >= 11 is 0. The fraction of sp³-hybridized carbons (Fsp3) is 1.00. The van der Waals surface area contributed by atoms with Gasteiger partial charge in [0.1, 0.15) is 0 Å². The highest BCUT2D eigenvalue weighted by Gasteiger charge is 2.48. The lowest BCUT2D eigenvalue weighted by Gasteiger charge is -2.55. The molecule has 0 aromatic heterocycles. The van der Waals surface area contributed by atoms with Crippen molar-refractivity contribution in [1.29, 1.82) is 0 Å². The molecule has 0 spiro atoms. The molecule has 1 heteroatoms. The predicted molar refractivity (Wildman–Crippen MR) is 45.1 cm³/mol. The lowest BCUT2D eigenvalue weighted by Crippen LogP contribution is -2.55. The lowest BCUT2D eigenvalue weighted by molar-refractivity contribution is 0.000365. The van der Waals surface area contributed by atoms with Crippen molar-refractivity contribution in [3.63, 3.8) is 0 Å². The van der Waals surface area contributed by atoms with Crippen LogP contribution in [0.1, 0.15) is 46.7 Å². The fourth-order valence-electron chi connectivity index (χ4n) is 2.73. The van der Waals surface area contributed by atoms with Gasteiger partial charge in [0, 0.05) is 13.8 Å². The maximum Gasteiger partial charge on any atom is 0.0304 e. The van der Waals surface area contributed by atoms with Crippen molar-refractivity contribution in [3.8, 4) is 0 Å². The molecule has 0 amide bonds. The molecule has 11 heavy (non-hydrogen) atoms. The van der Waals surface area contributed by atoms with Crippen LogP contribution in [0.2, 0.25) is 0 Å². The summed E-state index contributed by atoms with van der Waals surface area (Å²) in [7, 11) is 0. The minimum absolute atomic E-state index is 0.0244. The largest absolute Gasteiger partial charge is 0.325 e. The van der Waals surface area contributed by atoms with Crippen molar-refractivity contribution in [1.82, 2.24) is 0 Å². The average molecular weight is 157 g/mol. The van der Waals surface area contributed by atoms with Crippen LogP contribution >= 0.6 is 0 Å². The van der Waals surface area contributed by atoms with Gasteiger partial charge in [-0.2, -0.15) is 0 Å². The average Bonchev–Trinajstić information content (AvgIpc) is 2.11. The fourth-order valence-corrected chi connectivity index (χ4v) is 2.73. The van der Waals surface area contributed by atoms with Crippen LogP contribution in [0.25, 0.3) is 0 Å². The zero-order chi connectivity index (χ0) is 12.9. The molecule has 1 nitrogen and oxygen atoms in total. The second-order valence-corrected chi connectivity index (χ2v) is 4.14. The summed E-state index contributed by atoms with van der Waals surface area (Å²) in [5.74, 6) is -3.25. The molecule has 4 unspecified atom stereocenters. The van der Waals surface area contributed by atoms with Crippen LogP contribution in [0.15, 0.2) is 0 Å². The van der Waals surface area contributed by atoms with E-state index in [-0.39, 0.29) is 18.8 Å². The van der Waals surface area contributed by atoms with Gasteiger partial charge in [-0.05, 0) is 56.1 Å². The molecule has 4 atom stereocenters. The highest BCUT2D eigenvalue weighted by molar-refractivity contribution is 5.04.